The van der Waals surface area contributed by atoms with Crippen LogP contribution >= 0.6 is 0 Å². The summed E-state index contributed by atoms with van der Waals surface area (Å²) in [6, 6.07) is 14.4. The average molecular weight is 355 g/mol. The second-order valence-corrected chi connectivity index (χ2v) is 7.32. The fourth-order valence-corrected chi connectivity index (χ4v) is 2.56. The summed E-state index contributed by atoms with van der Waals surface area (Å²) in [5.41, 5.74) is 1.82. The van der Waals surface area contributed by atoms with Gasteiger partial charge in [0.25, 0.3) is 0 Å². The van der Waals surface area contributed by atoms with E-state index in [1.54, 1.807) is 7.05 Å². The third-order valence-electron chi connectivity index (χ3n) is 3.99. The maximum Gasteiger partial charge on any atom is 0.415 e. The predicted octanol–water partition coefficient (Wildman–Crippen LogP) is 4.69. The van der Waals surface area contributed by atoms with Crippen molar-refractivity contribution in [3.63, 3.8) is 0 Å². The monoisotopic (exact) mass is 355 g/mol. The van der Waals surface area contributed by atoms with Crippen molar-refractivity contribution in [2.24, 2.45) is 0 Å². The van der Waals surface area contributed by atoms with E-state index < -0.39 is 11.7 Å². The summed E-state index contributed by atoms with van der Waals surface area (Å²) >= 11 is 0. The molecule has 0 aliphatic heterocycles. The summed E-state index contributed by atoms with van der Waals surface area (Å²) in [5, 5.41) is 3.56. The summed E-state index contributed by atoms with van der Waals surface area (Å²) in [7, 11) is 1.67. The Hall–Kier alpha value is -2.40. The van der Waals surface area contributed by atoms with Crippen molar-refractivity contribution in [3.05, 3.63) is 59.8 Å². The molecule has 0 spiro atoms. The molecule has 0 aliphatic carbocycles. The van der Waals surface area contributed by atoms with Crippen molar-refractivity contribution in [1.82, 2.24) is 10.3 Å². The van der Waals surface area contributed by atoms with E-state index in [1.165, 1.54) is 10.5 Å². The van der Waals surface area contributed by atoms with E-state index in [4.69, 9.17) is 4.74 Å². The second kappa shape index (κ2) is 8.81. The minimum atomic E-state index is -0.528. The van der Waals surface area contributed by atoms with Gasteiger partial charge in [-0.15, -0.1) is 0 Å². The van der Waals surface area contributed by atoms with Crippen LogP contribution in [0.3, 0.4) is 0 Å². The van der Waals surface area contributed by atoms with Gasteiger partial charge in [-0.2, -0.15) is 0 Å². The zero-order valence-electron chi connectivity index (χ0n) is 16.3. The second-order valence-electron chi connectivity index (χ2n) is 7.32. The number of rotatable bonds is 6. The standard InChI is InChI=1S/C21H29N3O2/c1-6-18(22-14-16-10-8-7-9-11-16)17-12-13-19(23-15-17)24(5)20(25)26-21(2,3)4/h7-13,15,18,22H,6,14H2,1-5H3. The summed E-state index contributed by atoms with van der Waals surface area (Å²) < 4.78 is 5.37. The van der Waals surface area contributed by atoms with Gasteiger partial charge in [0.1, 0.15) is 11.4 Å². The van der Waals surface area contributed by atoms with Crippen LogP contribution in [0.15, 0.2) is 48.7 Å². The smallest absolute Gasteiger partial charge is 0.415 e. The largest absolute Gasteiger partial charge is 0.443 e. The fraction of sp³-hybridized carbons (Fsp3) is 0.429. The van der Waals surface area contributed by atoms with E-state index in [0.717, 1.165) is 18.5 Å². The van der Waals surface area contributed by atoms with Gasteiger partial charge < -0.3 is 10.1 Å². The molecule has 5 nitrogen and oxygen atoms in total. The summed E-state index contributed by atoms with van der Waals surface area (Å²) in [4.78, 5) is 18.0. The molecule has 1 aromatic carbocycles. The van der Waals surface area contributed by atoms with E-state index >= 15 is 0 Å². The molecule has 0 bridgehead atoms. The third kappa shape index (κ3) is 5.85. The number of carbonyl (C=O) groups excluding carboxylic acids is 1. The van der Waals surface area contributed by atoms with Gasteiger partial charge in [0.15, 0.2) is 0 Å². The number of nitrogens with one attached hydrogen (secondary N) is 1. The number of hydrogen-bond donors (Lipinski definition) is 1. The van der Waals surface area contributed by atoms with Crippen LogP contribution in [0.25, 0.3) is 0 Å². The molecular weight excluding hydrogens is 326 g/mol. The van der Waals surface area contributed by atoms with Gasteiger partial charge in [-0.25, -0.2) is 9.78 Å². The number of benzene rings is 1. The van der Waals surface area contributed by atoms with Crippen molar-refractivity contribution < 1.29 is 9.53 Å². The SMILES string of the molecule is CCC(NCc1ccccc1)c1ccc(N(C)C(=O)OC(C)(C)C)nc1. The first kappa shape index (κ1) is 19.9. The van der Waals surface area contributed by atoms with Gasteiger partial charge in [-0.1, -0.05) is 43.3 Å². The van der Waals surface area contributed by atoms with Crippen molar-refractivity contribution in [3.8, 4) is 0 Å². The molecule has 1 aromatic heterocycles. The maximum absolute atomic E-state index is 12.1. The predicted molar refractivity (Wildman–Crippen MR) is 105 cm³/mol. The highest BCUT2D eigenvalue weighted by Gasteiger charge is 2.21. The molecule has 1 heterocycles. The molecule has 0 saturated carbocycles. The molecule has 2 aromatic rings. The van der Waals surface area contributed by atoms with E-state index in [0.29, 0.717) is 5.82 Å². The number of aromatic nitrogens is 1. The van der Waals surface area contributed by atoms with Crippen LogP contribution in [0.2, 0.25) is 0 Å². The lowest BCUT2D eigenvalue weighted by molar-refractivity contribution is 0.0588. The molecule has 140 valence electrons. The number of pyridine rings is 1. The van der Waals surface area contributed by atoms with Crippen molar-refractivity contribution in [2.45, 2.75) is 52.3 Å². The Balaban J connectivity index is 2.01. The Kier molecular flexibility index (Phi) is 6.75. The molecule has 1 N–H and O–H groups in total. The van der Waals surface area contributed by atoms with Crippen LogP contribution in [-0.2, 0) is 11.3 Å². The van der Waals surface area contributed by atoms with Crippen LogP contribution in [0, 0.1) is 0 Å². The zero-order valence-corrected chi connectivity index (χ0v) is 16.3. The van der Waals surface area contributed by atoms with Crippen molar-refractivity contribution in [1.29, 1.82) is 0 Å². The van der Waals surface area contributed by atoms with Crippen molar-refractivity contribution in [2.75, 3.05) is 11.9 Å². The normalized spacial score (nSPS) is 12.5. The molecule has 26 heavy (non-hydrogen) atoms. The first-order valence-electron chi connectivity index (χ1n) is 9.00. The lowest BCUT2D eigenvalue weighted by Crippen LogP contribution is -2.34. The first-order valence-corrected chi connectivity index (χ1v) is 9.00. The lowest BCUT2D eigenvalue weighted by atomic mass is 10.1. The molecule has 0 fully saturated rings. The summed E-state index contributed by atoms with van der Waals surface area (Å²) in [6.45, 7) is 8.49. The van der Waals surface area contributed by atoms with Crippen molar-refractivity contribution >= 4 is 11.9 Å². The van der Waals surface area contributed by atoms with Gasteiger partial charge in [-0.3, -0.25) is 4.90 Å². The highest BCUT2D eigenvalue weighted by Crippen LogP contribution is 2.20. The number of ether oxygens (including phenoxy) is 1. The number of anilines is 1. The quantitative estimate of drug-likeness (QED) is 0.816. The third-order valence-corrected chi connectivity index (χ3v) is 3.99. The maximum atomic E-state index is 12.1. The topological polar surface area (TPSA) is 54.5 Å². The minimum absolute atomic E-state index is 0.212. The zero-order chi connectivity index (χ0) is 19.2. The number of hydrogen-bond acceptors (Lipinski definition) is 4. The van der Waals surface area contributed by atoms with Crippen LogP contribution in [-0.4, -0.2) is 23.7 Å². The van der Waals surface area contributed by atoms with Crippen LogP contribution in [0.5, 0.6) is 0 Å². The highest BCUT2D eigenvalue weighted by atomic mass is 16.6. The Labute approximate surface area is 156 Å². The van der Waals surface area contributed by atoms with Crippen LogP contribution in [0.4, 0.5) is 10.6 Å². The Morgan fingerprint density at radius 3 is 2.42 bits per heavy atom. The average Bonchev–Trinajstić information content (AvgIpc) is 2.61. The molecule has 0 saturated heterocycles. The van der Waals surface area contributed by atoms with E-state index in [2.05, 4.69) is 29.4 Å². The molecule has 1 atom stereocenters. The molecule has 0 radical (unpaired) electrons. The molecule has 5 heteroatoms. The summed E-state index contributed by atoms with van der Waals surface area (Å²) in [6.07, 6.45) is 2.37. The van der Waals surface area contributed by atoms with Gasteiger partial charge in [0, 0.05) is 25.8 Å². The number of amides is 1. The Morgan fingerprint density at radius 1 is 1.19 bits per heavy atom. The summed E-state index contributed by atoms with van der Waals surface area (Å²) in [5.74, 6) is 0.570. The van der Waals surface area contributed by atoms with Crippen LogP contribution in [0.1, 0.15) is 51.3 Å². The van der Waals surface area contributed by atoms with Gasteiger partial charge >= 0.3 is 6.09 Å². The Bertz CT molecular complexity index is 693. The number of nitrogens with zero attached hydrogens (tertiary/aromatic N) is 2. The first-order chi connectivity index (χ1) is 12.3. The van der Waals surface area contributed by atoms with Gasteiger partial charge in [0.2, 0.25) is 0 Å². The Morgan fingerprint density at radius 2 is 1.88 bits per heavy atom. The lowest BCUT2D eigenvalue weighted by Gasteiger charge is -2.24. The van der Waals surface area contributed by atoms with Gasteiger partial charge in [0.05, 0.1) is 0 Å². The van der Waals surface area contributed by atoms with E-state index in [1.807, 2.05) is 57.3 Å². The van der Waals surface area contributed by atoms with Gasteiger partial charge in [-0.05, 0) is 44.4 Å². The molecule has 2 rings (SSSR count). The molecule has 1 amide bonds. The minimum Gasteiger partial charge on any atom is -0.443 e. The number of carbonyl (C=O) groups is 1. The van der Waals surface area contributed by atoms with Crippen LogP contribution < -0.4 is 10.2 Å². The highest BCUT2D eigenvalue weighted by molar-refractivity contribution is 5.85. The van der Waals surface area contributed by atoms with E-state index in [-0.39, 0.29) is 6.04 Å². The van der Waals surface area contributed by atoms with E-state index in [9.17, 15) is 4.79 Å². The molecule has 0 aliphatic rings. The fourth-order valence-electron chi connectivity index (χ4n) is 2.56. The molecule has 1 unspecified atom stereocenters. The molecular formula is C21H29N3O2.